The fraction of sp³-hybridized carbons (Fsp3) is 0.250. The first kappa shape index (κ1) is 15.5. The zero-order chi connectivity index (χ0) is 14.9. The zero-order valence-corrected chi connectivity index (χ0v) is 14.1. The summed E-state index contributed by atoms with van der Waals surface area (Å²) in [4.78, 5) is 4.20. The highest BCUT2D eigenvalue weighted by molar-refractivity contribution is 9.10. The minimum Gasteiger partial charge on any atom is -0.337 e. The summed E-state index contributed by atoms with van der Waals surface area (Å²) >= 11 is 9.27. The molecule has 0 saturated heterocycles. The summed E-state index contributed by atoms with van der Waals surface area (Å²) in [6.45, 7) is 0.179. The molecular weight excluding hydrogens is 366 g/mol. The molecule has 0 saturated carbocycles. The van der Waals surface area contributed by atoms with Gasteiger partial charge in [0.1, 0.15) is 10.7 Å². The van der Waals surface area contributed by atoms with Gasteiger partial charge >= 0.3 is 0 Å². The maximum atomic E-state index is 12.5. The molecule has 1 aromatic heterocycles. The number of imidazole rings is 1. The van der Waals surface area contributed by atoms with Gasteiger partial charge < -0.3 is 4.57 Å². The van der Waals surface area contributed by atoms with E-state index in [4.69, 9.17) is 11.6 Å². The molecule has 108 valence electrons. The van der Waals surface area contributed by atoms with Crippen molar-refractivity contribution in [3.05, 3.63) is 45.9 Å². The molecule has 0 atom stereocenters. The molecule has 1 heterocycles. The van der Waals surface area contributed by atoms with E-state index in [9.17, 15) is 8.42 Å². The third kappa shape index (κ3) is 3.06. The first-order valence-electron chi connectivity index (χ1n) is 5.70. The largest absolute Gasteiger partial charge is 0.337 e. The number of hydrogen-bond donors (Lipinski definition) is 0. The van der Waals surface area contributed by atoms with E-state index in [0.717, 1.165) is 4.47 Å². The summed E-state index contributed by atoms with van der Waals surface area (Å²) < 4.78 is 28.7. The van der Waals surface area contributed by atoms with Gasteiger partial charge in [0, 0.05) is 31.0 Å². The van der Waals surface area contributed by atoms with Gasteiger partial charge in [0.05, 0.1) is 11.6 Å². The van der Waals surface area contributed by atoms with E-state index in [2.05, 4.69) is 20.9 Å². The van der Waals surface area contributed by atoms with Gasteiger partial charge in [-0.25, -0.2) is 13.4 Å². The number of rotatable bonds is 4. The average molecular weight is 379 g/mol. The molecule has 2 rings (SSSR count). The van der Waals surface area contributed by atoms with Crippen molar-refractivity contribution < 1.29 is 8.42 Å². The van der Waals surface area contributed by atoms with Crippen molar-refractivity contribution in [3.8, 4) is 0 Å². The topological polar surface area (TPSA) is 55.2 Å². The lowest BCUT2D eigenvalue weighted by molar-refractivity contribution is 0.451. The first-order chi connectivity index (χ1) is 9.32. The second-order valence-corrected chi connectivity index (χ2v) is 7.63. The van der Waals surface area contributed by atoms with Gasteiger partial charge in [-0.3, -0.25) is 0 Å². The van der Waals surface area contributed by atoms with Crippen LogP contribution in [0.15, 0.2) is 40.0 Å². The Kier molecular flexibility index (Phi) is 4.53. The summed E-state index contributed by atoms with van der Waals surface area (Å²) in [6, 6.07) is 4.69. The van der Waals surface area contributed by atoms with Gasteiger partial charge in [-0.05, 0) is 18.2 Å². The van der Waals surface area contributed by atoms with Crippen molar-refractivity contribution in [1.29, 1.82) is 0 Å². The molecular formula is C12H13BrClN3O2S. The van der Waals surface area contributed by atoms with Gasteiger partial charge in [-0.1, -0.05) is 27.5 Å². The van der Waals surface area contributed by atoms with Crippen molar-refractivity contribution in [2.45, 2.75) is 11.4 Å². The molecule has 0 spiro atoms. The molecule has 0 aliphatic heterocycles. The summed E-state index contributed by atoms with van der Waals surface area (Å²) in [7, 11) is -0.335. The van der Waals surface area contributed by atoms with Crippen LogP contribution in [-0.4, -0.2) is 29.3 Å². The molecule has 2 aromatic rings. The van der Waals surface area contributed by atoms with Gasteiger partial charge in [-0.2, -0.15) is 4.31 Å². The molecule has 5 nitrogen and oxygen atoms in total. The molecule has 0 radical (unpaired) electrons. The molecule has 8 heteroatoms. The third-order valence-corrected chi connectivity index (χ3v) is 5.65. The predicted octanol–water partition coefficient (Wildman–Crippen LogP) is 2.66. The molecule has 1 aromatic carbocycles. The Morgan fingerprint density at radius 1 is 1.45 bits per heavy atom. The highest BCUT2D eigenvalue weighted by Gasteiger charge is 2.24. The van der Waals surface area contributed by atoms with Crippen LogP contribution >= 0.6 is 27.5 Å². The van der Waals surface area contributed by atoms with E-state index in [1.54, 1.807) is 29.1 Å². The average Bonchev–Trinajstić information content (AvgIpc) is 2.74. The van der Waals surface area contributed by atoms with Crippen LogP contribution in [0.3, 0.4) is 0 Å². The number of sulfonamides is 1. The van der Waals surface area contributed by atoms with E-state index in [1.807, 2.05) is 7.05 Å². The SMILES string of the molecule is CN(Cc1nccn1C)S(=O)(=O)c1ccc(Br)cc1Cl. The van der Waals surface area contributed by atoms with Crippen LogP contribution in [0.4, 0.5) is 0 Å². The van der Waals surface area contributed by atoms with Crippen LogP contribution in [0.2, 0.25) is 5.02 Å². The van der Waals surface area contributed by atoms with Crippen molar-refractivity contribution >= 4 is 37.6 Å². The molecule has 0 unspecified atom stereocenters. The van der Waals surface area contributed by atoms with Crippen molar-refractivity contribution in [2.75, 3.05) is 7.05 Å². The van der Waals surface area contributed by atoms with E-state index < -0.39 is 10.0 Å². The second kappa shape index (κ2) is 5.85. The molecule has 0 aliphatic rings. The van der Waals surface area contributed by atoms with Crippen molar-refractivity contribution in [2.24, 2.45) is 7.05 Å². The Morgan fingerprint density at radius 2 is 2.15 bits per heavy atom. The normalized spacial score (nSPS) is 12.1. The number of aryl methyl sites for hydroxylation is 1. The Morgan fingerprint density at radius 3 is 2.70 bits per heavy atom. The Labute approximate surface area is 131 Å². The van der Waals surface area contributed by atoms with E-state index in [1.165, 1.54) is 17.4 Å². The van der Waals surface area contributed by atoms with Gasteiger partial charge in [0.25, 0.3) is 0 Å². The van der Waals surface area contributed by atoms with E-state index in [-0.39, 0.29) is 16.5 Å². The Hall–Kier alpha value is -0.890. The van der Waals surface area contributed by atoms with Crippen molar-refractivity contribution in [3.63, 3.8) is 0 Å². The number of hydrogen-bond acceptors (Lipinski definition) is 3. The Balaban J connectivity index is 2.32. The standard InChI is InChI=1S/C12H13BrClN3O2S/c1-16-6-5-15-12(16)8-17(2)20(18,19)11-4-3-9(13)7-10(11)14/h3-7H,8H2,1-2H3. The summed E-state index contributed by atoms with van der Waals surface area (Å²) in [6.07, 6.45) is 3.39. The number of aromatic nitrogens is 2. The smallest absolute Gasteiger partial charge is 0.244 e. The zero-order valence-electron chi connectivity index (χ0n) is 10.9. The van der Waals surface area contributed by atoms with Crippen LogP contribution in [0.1, 0.15) is 5.82 Å². The fourth-order valence-corrected chi connectivity index (χ4v) is 3.82. The van der Waals surface area contributed by atoms with Crippen molar-refractivity contribution in [1.82, 2.24) is 13.9 Å². The number of nitrogens with zero attached hydrogens (tertiary/aromatic N) is 3. The highest BCUT2D eigenvalue weighted by Crippen LogP contribution is 2.27. The van der Waals surface area contributed by atoms with Crippen LogP contribution in [0.25, 0.3) is 0 Å². The number of benzene rings is 1. The lowest BCUT2D eigenvalue weighted by atomic mass is 10.4. The maximum absolute atomic E-state index is 12.5. The fourth-order valence-electron chi connectivity index (χ4n) is 1.69. The minimum atomic E-state index is -3.65. The summed E-state index contributed by atoms with van der Waals surface area (Å²) in [5.41, 5.74) is 0. The quantitative estimate of drug-likeness (QED) is 0.822. The molecule has 0 aliphatic carbocycles. The van der Waals surface area contributed by atoms with Gasteiger partial charge in [-0.15, -0.1) is 0 Å². The van der Waals surface area contributed by atoms with Gasteiger partial charge in [0.15, 0.2) is 0 Å². The van der Waals surface area contributed by atoms with Crippen LogP contribution in [0.5, 0.6) is 0 Å². The van der Waals surface area contributed by atoms with Crippen LogP contribution in [-0.2, 0) is 23.6 Å². The molecule has 0 N–H and O–H groups in total. The first-order valence-corrected chi connectivity index (χ1v) is 8.31. The second-order valence-electron chi connectivity index (χ2n) is 4.29. The van der Waals surface area contributed by atoms with E-state index >= 15 is 0 Å². The third-order valence-electron chi connectivity index (χ3n) is 2.87. The molecule has 20 heavy (non-hydrogen) atoms. The molecule has 0 fully saturated rings. The van der Waals surface area contributed by atoms with Crippen LogP contribution < -0.4 is 0 Å². The van der Waals surface area contributed by atoms with Crippen LogP contribution in [0, 0.1) is 0 Å². The lowest BCUT2D eigenvalue weighted by Gasteiger charge is -2.17. The summed E-state index contributed by atoms with van der Waals surface area (Å²) in [5.74, 6) is 0.657. The number of halogens is 2. The predicted molar refractivity (Wildman–Crippen MR) is 81.0 cm³/mol. The van der Waals surface area contributed by atoms with E-state index in [0.29, 0.717) is 5.82 Å². The maximum Gasteiger partial charge on any atom is 0.244 e. The van der Waals surface area contributed by atoms with Gasteiger partial charge in [0.2, 0.25) is 10.0 Å². The molecule has 0 amide bonds. The minimum absolute atomic E-state index is 0.0825. The Bertz CT molecular complexity index is 730. The highest BCUT2D eigenvalue weighted by atomic mass is 79.9. The monoisotopic (exact) mass is 377 g/mol. The summed E-state index contributed by atoms with van der Waals surface area (Å²) in [5, 5.41) is 0.186. The molecule has 0 bridgehead atoms. The lowest BCUT2D eigenvalue weighted by Crippen LogP contribution is -2.28.